The highest BCUT2D eigenvalue weighted by Crippen LogP contribution is 2.37. The number of fused-ring (bicyclic) bond motifs is 1. The van der Waals surface area contributed by atoms with Gasteiger partial charge in [0.25, 0.3) is 5.91 Å². The topological polar surface area (TPSA) is 120 Å². The Labute approximate surface area is 165 Å². The summed E-state index contributed by atoms with van der Waals surface area (Å²) in [5.74, 6) is -3.08. The fourth-order valence-corrected chi connectivity index (χ4v) is 4.31. The first-order valence-electron chi connectivity index (χ1n) is 7.37. The second-order valence-electron chi connectivity index (χ2n) is 5.52. The fourth-order valence-electron chi connectivity index (χ4n) is 2.66. The van der Waals surface area contributed by atoms with Crippen LogP contribution in [-0.2, 0) is 13.0 Å². The maximum absolute atomic E-state index is 13.6. The predicted octanol–water partition coefficient (Wildman–Crippen LogP) is 3.58. The van der Waals surface area contributed by atoms with Crippen LogP contribution in [0.15, 0.2) is 6.07 Å². The summed E-state index contributed by atoms with van der Waals surface area (Å²) in [7, 11) is 0. The summed E-state index contributed by atoms with van der Waals surface area (Å²) in [6.45, 7) is 0.161. The molecule has 1 aliphatic rings. The van der Waals surface area contributed by atoms with Gasteiger partial charge in [-0.1, -0.05) is 23.2 Å². The normalized spacial score (nSPS) is 13.2. The molecular weight excluding hydrogens is 424 g/mol. The van der Waals surface area contributed by atoms with E-state index in [-0.39, 0.29) is 40.8 Å². The van der Waals surface area contributed by atoms with Gasteiger partial charge in [-0.2, -0.15) is 0 Å². The number of aromatic nitrogens is 1. The van der Waals surface area contributed by atoms with E-state index in [4.69, 9.17) is 28.3 Å². The van der Waals surface area contributed by atoms with Crippen molar-refractivity contribution in [3.05, 3.63) is 43.8 Å². The number of carbonyl (C=O) groups is 3. The van der Waals surface area contributed by atoms with Gasteiger partial charge in [0.1, 0.15) is 10.2 Å². The molecule has 3 N–H and O–H groups in total. The van der Waals surface area contributed by atoms with Gasteiger partial charge >= 0.3 is 12.1 Å². The average molecular weight is 434 g/mol. The molecule has 3 heterocycles. The first kappa shape index (κ1) is 19.3. The zero-order valence-corrected chi connectivity index (χ0v) is 15.6. The van der Waals surface area contributed by atoms with E-state index in [0.29, 0.717) is 10.4 Å². The minimum atomic E-state index is -1.27. The number of carboxylic acid groups (broad SMARTS) is 2. The molecule has 3 rings (SSSR count). The molecule has 27 heavy (non-hydrogen) atoms. The van der Waals surface area contributed by atoms with Gasteiger partial charge in [-0.25, -0.2) is 19.0 Å². The van der Waals surface area contributed by atoms with E-state index in [1.807, 2.05) is 0 Å². The quantitative estimate of drug-likeness (QED) is 0.636. The van der Waals surface area contributed by atoms with Crippen molar-refractivity contribution in [2.45, 2.75) is 13.0 Å². The highest BCUT2D eigenvalue weighted by Gasteiger charge is 2.30. The van der Waals surface area contributed by atoms with E-state index in [1.165, 1.54) is 0 Å². The van der Waals surface area contributed by atoms with Gasteiger partial charge in [0.15, 0.2) is 11.0 Å². The number of pyridine rings is 1. The smallest absolute Gasteiger partial charge is 0.407 e. The molecule has 0 saturated heterocycles. The monoisotopic (exact) mass is 433 g/mol. The molecule has 142 valence electrons. The number of hydrogen-bond donors (Lipinski definition) is 3. The molecule has 0 atom stereocenters. The molecule has 0 saturated carbocycles. The molecule has 12 heteroatoms. The van der Waals surface area contributed by atoms with Gasteiger partial charge in [0, 0.05) is 11.4 Å². The van der Waals surface area contributed by atoms with Crippen LogP contribution in [0.4, 0.5) is 14.2 Å². The summed E-state index contributed by atoms with van der Waals surface area (Å²) < 4.78 is 13.6. The van der Waals surface area contributed by atoms with Gasteiger partial charge in [-0.3, -0.25) is 4.79 Å². The molecule has 2 amide bonds. The minimum absolute atomic E-state index is 0.0103. The number of nitrogens with zero attached hydrogens (tertiary/aromatic N) is 2. The van der Waals surface area contributed by atoms with Gasteiger partial charge in [0.2, 0.25) is 0 Å². The lowest BCUT2D eigenvalue weighted by atomic mass is 10.0. The Morgan fingerprint density at radius 1 is 1.26 bits per heavy atom. The number of aromatic carboxylic acids is 1. The molecule has 0 bridgehead atoms. The van der Waals surface area contributed by atoms with Crippen molar-refractivity contribution in [2.75, 3.05) is 11.9 Å². The molecule has 0 aromatic carbocycles. The summed E-state index contributed by atoms with van der Waals surface area (Å²) in [5.41, 5.74) is 0.0344. The predicted molar refractivity (Wildman–Crippen MR) is 95.6 cm³/mol. The van der Waals surface area contributed by atoms with E-state index in [2.05, 4.69) is 10.3 Å². The molecular formula is C15H10Cl2FN3O5S. The SMILES string of the molecule is O=C(Nc1sc2c(c1C(=O)O)CCN(C(=O)O)C2)c1cc(F)c(Cl)nc1Cl. The molecule has 0 unspecified atom stereocenters. The van der Waals surface area contributed by atoms with Crippen molar-refractivity contribution in [2.24, 2.45) is 0 Å². The molecule has 2 aromatic heterocycles. The zero-order valence-electron chi connectivity index (χ0n) is 13.3. The summed E-state index contributed by atoms with van der Waals surface area (Å²) in [4.78, 5) is 40.4. The highest BCUT2D eigenvalue weighted by molar-refractivity contribution is 7.17. The number of amides is 2. The lowest BCUT2D eigenvalue weighted by molar-refractivity contribution is 0.0697. The Morgan fingerprint density at radius 2 is 1.96 bits per heavy atom. The van der Waals surface area contributed by atoms with Crippen LogP contribution in [0, 0.1) is 5.82 Å². The number of carbonyl (C=O) groups excluding carboxylic acids is 1. The van der Waals surface area contributed by atoms with Crippen LogP contribution in [0.3, 0.4) is 0 Å². The van der Waals surface area contributed by atoms with E-state index in [0.717, 1.165) is 22.3 Å². The number of thiophene rings is 1. The largest absolute Gasteiger partial charge is 0.478 e. The van der Waals surface area contributed by atoms with Gasteiger partial charge in [-0.15, -0.1) is 11.3 Å². The van der Waals surface area contributed by atoms with Crippen LogP contribution < -0.4 is 5.32 Å². The number of hydrogen-bond acceptors (Lipinski definition) is 5. The Kier molecular flexibility index (Phi) is 5.22. The third-order valence-corrected chi connectivity index (χ3v) is 5.59. The first-order valence-corrected chi connectivity index (χ1v) is 8.94. The molecule has 0 fully saturated rings. The van der Waals surface area contributed by atoms with Crippen LogP contribution in [0.1, 0.15) is 31.2 Å². The first-order chi connectivity index (χ1) is 12.7. The molecule has 1 aliphatic heterocycles. The maximum Gasteiger partial charge on any atom is 0.407 e. The summed E-state index contributed by atoms with van der Waals surface area (Å²) in [5, 5.41) is 20.2. The number of carboxylic acids is 1. The summed E-state index contributed by atoms with van der Waals surface area (Å²) >= 11 is 12.3. The van der Waals surface area contributed by atoms with Crippen molar-refractivity contribution in [3.8, 4) is 0 Å². The lowest BCUT2D eigenvalue weighted by Crippen LogP contribution is -2.34. The van der Waals surface area contributed by atoms with Crippen molar-refractivity contribution in [1.82, 2.24) is 9.88 Å². The maximum atomic E-state index is 13.6. The van der Waals surface area contributed by atoms with Crippen LogP contribution in [0.5, 0.6) is 0 Å². The average Bonchev–Trinajstić information content (AvgIpc) is 2.94. The highest BCUT2D eigenvalue weighted by atomic mass is 35.5. The number of rotatable bonds is 3. The van der Waals surface area contributed by atoms with Crippen molar-refractivity contribution >= 4 is 57.5 Å². The second kappa shape index (κ2) is 7.29. The van der Waals surface area contributed by atoms with Crippen LogP contribution >= 0.6 is 34.5 Å². The van der Waals surface area contributed by atoms with Crippen LogP contribution in [0.25, 0.3) is 0 Å². The fraction of sp³-hybridized carbons (Fsp3) is 0.200. The van der Waals surface area contributed by atoms with Crippen molar-refractivity contribution < 1.29 is 29.0 Å². The van der Waals surface area contributed by atoms with E-state index < -0.39 is 28.9 Å². The van der Waals surface area contributed by atoms with Crippen molar-refractivity contribution in [3.63, 3.8) is 0 Å². The van der Waals surface area contributed by atoms with E-state index in [9.17, 15) is 23.9 Å². The summed E-state index contributed by atoms with van der Waals surface area (Å²) in [6.07, 6.45) is -0.918. The summed E-state index contributed by atoms with van der Waals surface area (Å²) in [6, 6.07) is 0.799. The van der Waals surface area contributed by atoms with Crippen LogP contribution in [-0.4, -0.2) is 44.6 Å². The number of nitrogens with one attached hydrogen (secondary N) is 1. The standard InChI is InChI=1S/C15H10Cl2FN3O5S/c16-10-6(3-7(18)11(17)19-10)12(22)20-13-9(14(23)24)5-1-2-21(15(25)26)4-8(5)27-13/h3H,1-2,4H2,(H,20,22)(H,23,24)(H,25,26). The number of anilines is 1. The molecule has 8 nitrogen and oxygen atoms in total. The van der Waals surface area contributed by atoms with Gasteiger partial charge < -0.3 is 20.4 Å². The number of halogens is 3. The van der Waals surface area contributed by atoms with E-state index in [1.54, 1.807) is 0 Å². The molecule has 0 aliphatic carbocycles. The molecule has 0 radical (unpaired) electrons. The minimum Gasteiger partial charge on any atom is -0.478 e. The molecule has 0 spiro atoms. The third-order valence-electron chi connectivity index (χ3n) is 3.90. The zero-order chi connectivity index (χ0) is 19.9. The Balaban J connectivity index is 1.96. The van der Waals surface area contributed by atoms with Crippen molar-refractivity contribution in [1.29, 1.82) is 0 Å². The van der Waals surface area contributed by atoms with Crippen LogP contribution in [0.2, 0.25) is 10.3 Å². The van der Waals surface area contributed by atoms with Gasteiger partial charge in [0.05, 0.1) is 17.7 Å². The Bertz CT molecular complexity index is 981. The second-order valence-corrected chi connectivity index (χ2v) is 7.34. The lowest BCUT2D eigenvalue weighted by Gasteiger charge is -2.24. The van der Waals surface area contributed by atoms with Gasteiger partial charge in [-0.05, 0) is 18.1 Å². The Hall–Kier alpha value is -2.43. The van der Waals surface area contributed by atoms with E-state index >= 15 is 0 Å². The Morgan fingerprint density at radius 3 is 2.59 bits per heavy atom. The molecule has 2 aromatic rings. The third kappa shape index (κ3) is 3.68.